The highest BCUT2D eigenvalue weighted by atomic mass is 79.9. The third kappa shape index (κ3) is 2.44. The zero-order valence-corrected chi connectivity index (χ0v) is 12.4. The van der Waals surface area contributed by atoms with Gasteiger partial charge in [0, 0.05) is 10.0 Å². The zero-order valence-electron chi connectivity index (χ0n) is 8.46. The van der Waals surface area contributed by atoms with Crippen LogP contribution in [-0.2, 0) is 0 Å². The Labute approximate surface area is 115 Å². The molecule has 1 heterocycles. The molecule has 2 aromatic rings. The molecule has 1 aromatic carbocycles. The van der Waals surface area contributed by atoms with Crippen LogP contribution in [-0.4, -0.2) is 5.78 Å². The number of hydrogen-bond donors (Lipinski definition) is 0. The summed E-state index contributed by atoms with van der Waals surface area (Å²) in [5, 5.41) is 0. The van der Waals surface area contributed by atoms with Crippen molar-refractivity contribution in [3.63, 3.8) is 0 Å². The molecule has 0 bridgehead atoms. The van der Waals surface area contributed by atoms with Gasteiger partial charge < -0.3 is 0 Å². The van der Waals surface area contributed by atoms with E-state index in [4.69, 9.17) is 0 Å². The molecule has 0 spiro atoms. The fourth-order valence-electron chi connectivity index (χ4n) is 1.31. The molecule has 0 amide bonds. The highest BCUT2D eigenvalue weighted by Gasteiger charge is 2.13. The van der Waals surface area contributed by atoms with Gasteiger partial charge >= 0.3 is 0 Å². The van der Waals surface area contributed by atoms with Gasteiger partial charge in [-0.25, -0.2) is 0 Å². The van der Waals surface area contributed by atoms with Crippen LogP contribution >= 0.6 is 43.2 Å². The maximum atomic E-state index is 12.1. The van der Waals surface area contributed by atoms with Crippen molar-refractivity contribution in [3.8, 4) is 0 Å². The van der Waals surface area contributed by atoms with Gasteiger partial charge in [-0.3, -0.25) is 4.79 Å². The second kappa shape index (κ2) is 4.82. The molecule has 16 heavy (non-hydrogen) atoms. The van der Waals surface area contributed by atoms with E-state index in [1.807, 2.05) is 37.3 Å². The number of carbonyl (C=O) groups is 1. The summed E-state index contributed by atoms with van der Waals surface area (Å²) in [6, 6.07) is 9.46. The van der Waals surface area contributed by atoms with Crippen LogP contribution in [0.15, 0.2) is 38.6 Å². The van der Waals surface area contributed by atoms with Crippen molar-refractivity contribution in [2.45, 2.75) is 6.92 Å². The van der Waals surface area contributed by atoms with Crippen molar-refractivity contribution >= 4 is 49.0 Å². The van der Waals surface area contributed by atoms with Gasteiger partial charge in [0.1, 0.15) is 0 Å². The van der Waals surface area contributed by atoms with Crippen molar-refractivity contribution in [1.29, 1.82) is 0 Å². The van der Waals surface area contributed by atoms with Gasteiger partial charge in [-0.15, -0.1) is 11.3 Å². The van der Waals surface area contributed by atoms with Crippen LogP contribution in [0.1, 0.15) is 20.8 Å². The molecule has 82 valence electrons. The van der Waals surface area contributed by atoms with E-state index in [9.17, 15) is 4.79 Å². The number of ketones is 1. The number of carbonyl (C=O) groups excluding carboxylic acids is 1. The predicted molar refractivity (Wildman–Crippen MR) is 74.3 cm³/mol. The molecule has 0 fully saturated rings. The molecule has 4 heteroatoms. The van der Waals surface area contributed by atoms with Crippen molar-refractivity contribution in [2.24, 2.45) is 0 Å². The molecule has 0 aliphatic carbocycles. The first-order valence-electron chi connectivity index (χ1n) is 4.64. The van der Waals surface area contributed by atoms with E-state index in [0.717, 1.165) is 24.3 Å². The zero-order chi connectivity index (χ0) is 11.7. The first kappa shape index (κ1) is 12.0. The van der Waals surface area contributed by atoms with Crippen LogP contribution in [0.2, 0.25) is 0 Å². The third-order valence-corrected chi connectivity index (χ3v) is 5.44. The van der Waals surface area contributed by atoms with Gasteiger partial charge in [-0.2, -0.15) is 0 Å². The Morgan fingerprint density at radius 1 is 1.19 bits per heavy atom. The summed E-state index contributed by atoms with van der Waals surface area (Å²) in [5.41, 5.74) is 1.89. The van der Waals surface area contributed by atoms with Crippen molar-refractivity contribution in [3.05, 3.63) is 54.6 Å². The molecule has 1 aromatic heterocycles. The second-order valence-electron chi connectivity index (χ2n) is 3.43. The van der Waals surface area contributed by atoms with Crippen LogP contribution in [0.3, 0.4) is 0 Å². The van der Waals surface area contributed by atoms with Gasteiger partial charge in [0.15, 0.2) is 0 Å². The first-order chi connectivity index (χ1) is 7.58. The lowest BCUT2D eigenvalue weighted by Gasteiger charge is -1.98. The van der Waals surface area contributed by atoms with Crippen LogP contribution in [0.25, 0.3) is 0 Å². The molecule has 0 N–H and O–H groups in total. The molecule has 0 aliphatic heterocycles. The van der Waals surface area contributed by atoms with Crippen LogP contribution < -0.4 is 0 Å². The minimum absolute atomic E-state index is 0.0661. The summed E-state index contributed by atoms with van der Waals surface area (Å²) < 4.78 is 1.87. The summed E-state index contributed by atoms with van der Waals surface area (Å²) in [6.07, 6.45) is 0. The highest BCUT2D eigenvalue weighted by molar-refractivity contribution is 9.13. The van der Waals surface area contributed by atoms with Gasteiger partial charge in [-0.1, -0.05) is 29.8 Å². The van der Waals surface area contributed by atoms with Crippen molar-refractivity contribution < 1.29 is 4.79 Å². The monoisotopic (exact) mass is 358 g/mol. The molecule has 0 saturated heterocycles. The minimum Gasteiger partial charge on any atom is -0.288 e. The quantitative estimate of drug-likeness (QED) is 0.703. The van der Waals surface area contributed by atoms with Crippen LogP contribution in [0.5, 0.6) is 0 Å². The second-order valence-corrected chi connectivity index (χ2v) is 6.65. The minimum atomic E-state index is 0.0661. The summed E-state index contributed by atoms with van der Waals surface area (Å²) >= 11 is 8.21. The van der Waals surface area contributed by atoms with E-state index in [1.165, 1.54) is 11.3 Å². The number of rotatable bonds is 2. The summed E-state index contributed by atoms with van der Waals surface area (Å²) in [7, 11) is 0. The van der Waals surface area contributed by atoms with Gasteiger partial charge in [0.25, 0.3) is 0 Å². The number of halogens is 2. The summed E-state index contributed by atoms with van der Waals surface area (Å²) in [5.74, 6) is 0.0661. The summed E-state index contributed by atoms with van der Waals surface area (Å²) in [4.78, 5) is 12.8. The number of thiophene rings is 1. The predicted octanol–water partition coefficient (Wildman–Crippen LogP) is 4.81. The smallest absolute Gasteiger partial charge is 0.203 e. The Balaban J connectivity index is 2.35. The number of aryl methyl sites for hydroxylation is 1. The van der Waals surface area contributed by atoms with Crippen LogP contribution in [0.4, 0.5) is 0 Å². The van der Waals surface area contributed by atoms with E-state index in [0.29, 0.717) is 0 Å². The molecule has 0 aliphatic rings. The average molecular weight is 360 g/mol. The van der Waals surface area contributed by atoms with Crippen LogP contribution in [0, 0.1) is 6.92 Å². The lowest BCUT2D eigenvalue weighted by Crippen LogP contribution is -1.97. The van der Waals surface area contributed by atoms with Gasteiger partial charge in [0.05, 0.1) is 8.66 Å². The fraction of sp³-hybridized carbons (Fsp3) is 0.0833. The topological polar surface area (TPSA) is 17.1 Å². The van der Waals surface area contributed by atoms with Gasteiger partial charge in [-0.05, 0) is 44.8 Å². The summed E-state index contributed by atoms with van der Waals surface area (Å²) in [6.45, 7) is 2.01. The largest absolute Gasteiger partial charge is 0.288 e. The van der Waals surface area contributed by atoms with E-state index in [-0.39, 0.29) is 5.78 Å². The van der Waals surface area contributed by atoms with E-state index in [1.54, 1.807) is 0 Å². The SMILES string of the molecule is Cc1ccc(C(=O)c2cc(Br)c(Br)s2)cc1. The Bertz CT molecular complexity index is 509. The maximum absolute atomic E-state index is 12.1. The molecule has 0 atom stereocenters. The Hall–Kier alpha value is -0.450. The third-order valence-electron chi connectivity index (χ3n) is 2.18. The Morgan fingerprint density at radius 2 is 1.81 bits per heavy atom. The molecule has 0 unspecified atom stereocenters. The van der Waals surface area contributed by atoms with E-state index >= 15 is 0 Å². The normalized spacial score (nSPS) is 10.4. The molecule has 0 radical (unpaired) electrons. The standard InChI is InChI=1S/C12H8Br2OS/c1-7-2-4-8(5-3-7)11(15)10-6-9(13)12(14)16-10/h2-6H,1H3. The molecular weight excluding hydrogens is 352 g/mol. The molecule has 2 rings (SSSR count). The number of hydrogen-bond acceptors (Lipinski definition) is 2. The number of benzene rings is 1. The van der Waals surface area contributed by atoms with Gasteiger partial charge in [0.2, 0.25) is 5.78 Å². The van der Waals surface area contributed by atoms with E-state index in [2.05, 4.69) is 31.9 Å². The first-order valence-corrected chi connectivity index (χ1v) is 7.04. The molecular formula is C12H8Br2OS. The van der Waals surface area contributed by atoms with Crippen molar-refractivity contribution in [1.82, 2.24) is 0 Å². The lowest BCUT2D eigenvalue weighted by molar-refractivity contribution is 0.104. The average Bonchev–Trinajstić information content (AvgIpc) is 2.59. The maximum Gasteiger partial charge on any atom is 0.203 e. The lowest BCUT2D eigenvalue weighted by atomic mass is 10.1. The highest BCUT2D eigenvalue weighted by Crippen LogP contribution is 2.33. The molecule has 1 nitrogen and oxygen atoms in total. The van der Waals surface area contributed by atoms with Crippen molar-refractivity contribution in [2.75, 3.05) is 0 Å². The van der Waals surface area contributed by atoms with E-state index < -0.39 is 0 Å². The fourth-order valence-corrected chi connectivity index (χ4v) is 3.30. The Morgan fingerprint density at radius 3 is 2.31 bits per heavy atom. The molecule has 0 saturated carbocycles. The Kier molecular flexibility index (Phi) is 3.62.